The molecule has 0 spiro atoms. The maximum atomic E-state index is 11.0. The van der Waals surface area contributed by atoms with E-state index in [1.54, 1.807) is 0 Å². The molecule has 1 fully saturated rings. The smallest absolute Gasteiger partial charge is 0.230 e. The molecule has 25 heavy (non-hydrogen) atoms. The summed E-state index contributed by atoms with van der Waals surface area (Å²) in [5, 5.41) is 21.4. The molecule has 1 aliphatic rings. The van der Waals surface area contributed by atoms with E-state index in [1.807, 2.05) is 60.7 Å². The van der Waals surface area contributed by atoms with Crippen LogP contribution in [0.25, 0.3) is 22.6 Å². The Hall–Kier alpha value is -2.43. The summed E-state index contributed by atoms with van der Waals surface area (Å²) in [7, 11) is 0. The molecule has 1 saturated carbocycles. The zero-order valence-electron chi connectivity index (χ0n) is 13.9. The minimum Gasteiger partial charge on any atom is -0.437 e. The third-order valence-electron chi connectivity index (χ3n) is 4.92. The molecule has 4 rings (SSSR count). The van der Waals surface area contributed by atoms with E-state index in [9.17, 15) is 10.2 Å². The van der Waals surface area contributed by atoms with Gasteiger partial charge in [-0.3, -0.25) is 0 Å². The lowest BCUT2D eigenvalue weighted by atomic mass is 9.82. The Balaban J connectivity index is 1.87. The molecule has 3 aromatic rings. The highest BCUT2D eigenvalue weighted by molar-refractivity contribution is 5.76. The van der Waals surface area contributed by atoms with E-state index in [2.05, 4.69) is 4.98 Å². The Morgan fingerprint density at radius 2 is 1.56 bits per heavy atom. The maximum Gasteiger partial charge on any atom is 0.230 e. The number of nitrogens with zero attached hydrogens (tertiary/aromatic N) is 1. The lowest BCUT2D eigenvalue weighted by Gasteiger charge is -2.33. The Morgan fingerprint density at radius 1 is 0.920 bits per heavy atom. The third-order valence-corrected chi connectivity index (χ3v) is 4.92. The van der Waals surface area contributed by atoms with E-state index < -0.39 is 11.7 Å². The van der Waals surface area contributed by atoms with Crippen molar-refractivity contribution in [2.24, 2.45) is 0 Å². The van der Waals surface area contributed by atoms with Crippen molar-refractivity contribution in [3.63, 3.8) is 0 Å². The monoisotopic (exact) mass is 335 g/mol. The predicted molar refractivity (Wildman–Crippen MR) is 95.7 cm³/mol. The number of hydrogen-bond acceptors (Lipinski definition) is 4. The summed E-state index contributed by atoms with van der Waals surface area (Å²) in [6.07, 6.45) is 1.91. The predicted octanol–water partition coefficient (Wildman–Crippen LogP) is 4.13. The zero-order valence-corrected chi connectivity index (χ0v) is 13.9. The average Bonchev–Trinajstić information content (AvgIpc) is 3.12. The van der Waals surface area contributed by atoms with Crippen molar-refractivity contribution >= 4 is 0 Å². The van der Waals surface area contributed by atoms with E-state index in [4.69, 9.17) is 4.42 Å². The SMILES string of the molecule is OC1CCCCC1(O)c1nc(-c2ccccc2)c(-c2ccccc2)o1. The van der Waals surface area contributed by atoms with Gasteiger partial charge in [0.05, 0.1) is 6.10 Å². The third kappa shape index (κ3) is 2.88. The number of aliphatic hydroxyl groups excluding tert-OH is 1. The van der Waals surface area contributed by atoms with Crippen LogP contribution in [-0.2, 0) is 5.60 Å². The van der Waals surface area contributed by atoms with E-state index in [-0.39, 0.29) is 5.89 Å². The first-order valence-electron chi connectivity index (χ1n) is 8.71. The molecule has 0 aliphatic heterocycles. The van der Waals surface area contributed by atoms with Crippen LogP contribution in [0.5, 0.6) is 0 Å². The molecule has 1 aliphatic carbocycles. The number of benzene rings is 2. The normalized spacial score (nSPS) is 23.5. The van der Waals surface area contributed by atoms with E-state index in [1.165, 1.54) is 0 Å². The maximum absolute atomic E-state index is 11.0. The quantitative estimate of drug-likeness (QED) is 0.755. The van der Waals surface area contributed by atoms with Crippen LogP contribution in [0.3, 0.4) is 0 Å². The summed E-state index contributed by atoms with van der Waals surface area (Å²) in [6, 6.07) is 19.5. The Labute approximate surface area is 146 Å². The second-order valence-electron chi connectivity index (χ2n) is 6.61. The van der Waals surface area contributed by atoms with Gasteiger partial charge in [0.1, 0.15) is 5.69 Å². The van der Waals surface area contributed by atoms with Gasteiger partial charge in [0, 0.05) is 11.1 Å². The van der Waals surface area contributed by atoms with Gasteiger partial charge in [0.25, 0.3) is 0 Å². The van der Waals surface area contributed by atoms with Crippen LogP contribution in [0, 0.1) is 0 Å². The zero-order chi connectivity index (χ0) is 17.3. The van der Waals surface area contributed by atoms with Crippen LogP contribution in [-0.4, -0.2) is 21.3 Å². The molecule has 4 nitrogen and oxygen atoms in total. The van der Waals surface area contributed by atoms with Crippen LogP contribution in [0.2, 0.25) is 0 Å². The molecule has 2 N–H and O–H groups in total. The summed E-state index contributed by atoms with van der Waals surface area (Å²) in [6.45, 7) is 0. The molecule has 0 amide bonds. The van der Waals surface area contributed by atoms with Gasteiger partial charge in [-0.2, -0.15) is 0 Å². The van der Waals surface area contributed by atoms with Crippen LogP contribution in [0.15, 0.2) is 65.1 Å². The fraction of sp³-hybridized carbons (Fsp3) is 0.286. The molecule has 2 atom stereocenters. The molecule has 128 valence electrons. The average molecular weight is 335 g/mol. The molecule has 0 bridgehead atoms. The van der Waals surface area contributed by atoms with Crippen LogP contribution < -0.4 is 0 Å². The van der Waals surface area contributed by atoms with Crippen LogP contribution in [0.4, 0.5) is 0 Å². The van der Waals surface area contributed by atoms with E-state index in [0.717, 1.165) is 24.0 Å². The van der Waals surface area contributed by atoms with E-state index in [0.29, 0.717) is 24.3 Å². The second-order valence-corrected chi connectivity index (χ2v) is 6.61. The highest BCUT2D eigenvalue weighted by Crippen LogP contribution is 2.41. The Morgan fingerprint density at radius 3 is 2.20 bits per heavy atom. The molecule has 0 saturated heterocycles. The highest BCUT2D eigenvalue weighted by atomic mass is 16.4. The molecule has 1 aromatic heterocycles. The molecular weight excluding hydrogens is 314 g/mol. The fourth-order valence-corrected chi connectivity index (χ4v) is 3.47. The van der Waals surface area contributed by atoms with Gasteiger partial charge in [-0.15, -0.1) is 0 Å². The summed E-state index contributed by atoms with van der Waals surface area (Å²) >= 11 is 0. The summed E-state index contributed by atoms with van der Waals surface area (Å²) in [5.41, 5.74) is 1.08. The largest absolute Gasteiger partial charge is 0.437 e. The topological polar surface area (TPSA) is 66.5 Å². The summed E-state index contributed by atoms with van der Waals surface area (Å²) in [4.78, 5) is 4.63. The number of aromatic nitrogens is 1. The number of rotatable bonds is 3. The van der Waals surface area contributed by atoms with Crippen molar-refractivity contribution in [3.05, 3.63) is 66.6 Å². The lowest BCUT2D eigenvalue weighted by Crippen LogP contribution is -2.42. The summed E-state index contributed by atoms with van der Waals surface area (Å²) < 4.78 is 6.05. The van der Waals surface area contributed by atoms with Gasteiger partial charge >= 0.3 is 0 Å². The Kier molecular flexibility index (Phi) is 4.15. The molecule has 2 aromatic carbocycles. The molecule has 1 heterocycles. The van der Waals surface area contributed by atoms with Gasteiger partial charge in [-0.05, 0) is 19.3 Å². The van der Waals surface area contributed by atoms with Crippen LogP contribution >= 0.6 is 0 Å². The molecule has 4 heteroatoms. The molecule has 2 unspecified atom stereocenters. The van der Waals surface area contributed by atoms with Crippen molar-refractivity contribution < 1.29 is 14.6 Å². The highest BCUT2D eigenvalue weighted by Gasteiger charge is 2.44. The number of oxazole rings is 1. The molecule has 0 radical (unpaired) electrons. The van der Waals surface area contributed by atoms with Gasteiger partial charge in [-0.1, -0.05) is 67.1 Å². The van der Waals surface area contributed by atoms with Crippen molar-refractivity contribution in [1.29, 1.82) is 0 Å². The minimum absolute atomic E-state index is 0.206. The number of hydrogen-bond donors (Lipinski definition) is 2. The molecular formula is C21H21NO3. The minimum atomic E-state index is -1.42. The first-order valence-corrected chi connectivity index (χ1v) is 8.71. The van der Waals surface area contributed by atoms with Crippen LogP contribution in [0.1, 0.15) is 31.6 Å². The number of aliphatic hydroxyl groups is 2. The second kappa shape index (κ2) is 6.47. The van der Waals surface area contributed by atoms with E-state index >= 15 is 0 Å². The van der Waals surface area contributed by atoms with Crippen molar-refractivity contribution in [1.82, 2.24) is 4.98 Å². The first-order chi connectivity index (χ1) is 12.2. The van der Waals surface area contributed by atoms with Crippen molar-refractivity contribution in [3.8, 4) is 22.6 Å². The van der Waals surface area contributed by atoms with Gasteiger partial charge in [-0.25, -0.2) is 4.98 Å². The van der Waals surface area contributed by atoms with Crippen molar-refractivity contribution in [2.45, 2.75) is 37.4 Å². The van der Waals surface area contributed by atoms with Gasteiger partial charge in [0.15, 0.2) is 11.4 Å². The van der Waals surface area contributed by atoms with Crippen molar-refractivity contribution in [2.75, 3.05) is 0 Å². The summed E-state index contributed by atoms with van der Waals surface area (Å²) in [5.74, 6) is 0.824. The lowest BCUT2D eigenvalue weighted by molar-refractivity contribution is -0.120. The van der Waals surface area contributed by atoms with Gasteiger partial charge in [0.2, 0.25) is 5.89 Å². The Bertz CT molecular complexity index is 787. The van der Waals surface area contributed by atoms with Gasteiger partial charge < -0.3 is 14.6 Å². The fourth-order valence-electron chi connectivity index (χ4n) is 3.47. The first kappa shape index (κ1) is 16.1. The standard InChI is InChI=1S/C21H21NO3/c23-17-13-7-8-14-21(17,24)20-22-18(15-9-3-1-4-10-15)19(25-20)16-11-5-2-6-12-16/h1-6,9-12,17,23-24H,7-8,13-14H2.